The normalized spacial score (nSPS) is 16.1. The van der Waals surface area contributed by atoms with Crippen LogP contribution in [-0.4, -0.2) is 22.0 Å². The van der Waals surface area contributed by atoms with Crippen LogP contribution >= 0.6 is 11.8 Å². The van der Waals surface area contributed by atoms with E-state index in [0.29, 0.717) is 16.3 Å². The van der Waals surface area contributed by atoms with E-state index in [9.17, 15) is 14.9 Å². The summed E-state index contributed by atoms with van der Waals surface area (Å²) < 4.78 is 0. The molecule has 5 nitrogen and oxygen atoms in total. The monoisotopic (exact) mass is 399 g/mol. The van der Waals surface area contributed by atoms with Crippen LogP contribution in [0.2, 0.25) is 0 Å². The highest BCUT2D eigenvalue weighted by molar-refractivity contribution is 8.00. The van der Waals surface area contributed by atoms with E-state index < -0.39 is 5.25 Å². The number of thioether (sulfide) groups is 1. The number of amides is 2. The van der Waals surface area contributed by atoms with Gasteiger partial charge >= 0.3 is 0 Å². The van der Waals surface area contributed by atoms with Gasteiger partial charge in [-0.2, -0.15) is 5.26 Å². The number of rotatable bonds is 4. The van der Waals surface area contributed by atoms with Gasteiger partial charge in [-0.05, 0) is 31.2 Å². The minimum absolute atomic E-state index is 0.0828. The summed E-state index contributed by atoms with van der Waals surface area (Å²) in [5.74, 6) is -0.520. The number of benzene rings is 2. The fraction of sp³-hybridized carbons (Fsp3) is 0.130. The first-order valence-electron chi connectivity index (χ1n) is 9.13. The van der Waals surface area contributed by atoms with Crippen LogP contribution in [0.4, 0.5) is 5.69 Å². The van der Waals surface area contributed by atoms with Crippen LogP contribution in [0.15, 0.2) is 71.8 Å². The highest BCUT2D eigenvalue weighted by Crippen LogP contribution is 2.35. The molecule has 1 saturated heterocycles. The second kappa shape index (κ2) is 7.90. The van der Waals surface area contributed by atoms with Crippen molar-refractivity contribution in [2.24, 2.45) is 0 Å². The van der Waals surface area contributed by atoms with Crippen molar-refractivity contribution in [3.05, 3.63) is 77.9 Å². The Labute approximate surface area is 173 Å². The van der Waals surface area contributed by atoms with E-state index in [0.717, 1.165) is 16.8 Å². The lowest BCUT2D eigenvalue weighted by molar-refractivity contribution is -0.121. The number of hydrogen-bond acceptors (Lipinski definition) is 5. The summed E-state index contributed by atoms with van der Waals surface area (Å²) >= 11 is 1.18. The van der Waals surface area contributed by atoms with Gasteiger partial charge in [-0.3, -0.25) is 9.59 Å². The number of nitriles is 1. The third-order valence-electron chi connectivity index (χ3n) is 4.70. The van der Waals surface area contributed by atoms with Gasteiger partial charge in [0.15, 0.2) is 0 Å². The van der Waals surface area contributed by atoms with E-state index in [1.54, 1.807) is 24.3 Å². The van der Waals surface area contributed by atoms with Gasteiger partial charge in [-0.25, -0.2) is 9.88 Å². The van der Waals surface area contributed by atoms with E-state index in [2.05, 4.69) is 11.1 Å². The van der Waals surface area contributed by atoms with Gasteiger partial charge < -0.3 is 0 Å². The molecule has 0 N–H and O–H groups in total. The van der Waals surface area contributed by atoms with Gasteiger partial charge in [-0.15, -0.1) is 0 Å². The first-order valence-corrected chi connectivity index (χ1v) is 10.0. The SMILES string of the molecule is Cc1ccc(N2C(=O)C[C@H](Sc3nc(-c4ccccc4)ccc3C#N)C2=O)cc1. The Balaban J connectivity index is 1.62. The van der Waals surface area contributed by atoms with Gasteiger partial charge in [0, 0.05) is 12.0 Å². The molecule has 0 saturated carbocycles. The number of aryl methyl sites for hydroxylation is 1. The number of nitrogens with zero attached hydrogens (tertiary/aromatic N) is 3. The Hall–Kier alpha value is -3.43. The number of anilines is 1. The summed E-state index contributed by atoms with van der Waals surface area (Å²) in [4.78, 5) is 31.3. The molecule has 3 aromatic rings. The van der Waals surface area contributed by atoms with Crippen LogP contribution < -0.4 is 4.90 Å². The van der Waals surface area contributed by atoms with Gasteiger partial charge in [0.25, 0.3) is 0 Å². The predicted molar refractivity (Wildman–Crippen MR) is 112 cm³/mol. The quantitative estimate of drug-likeness (QED) is 0.610. The van der Waals surface area contributed by atoms with Crippen LogP contribution in [0, 0.1) is 18.3 Å². The largest absolute Gasteiger partial charge is 0.274 e. The van der Waals surface area contributed by atoms with Crippen molar-refractivity contribution >= 4 is 29.3 Å². The molecule has 142 valence electrons. The van der Waals surface area contributed by atoms with Gasteiger partial charge in [0.05, 0.1) is 22.2 Å². The topological polar surface area (TPSA) is 74.1 Å². The van der Waals surface area contributed by atoms with Crippen LogP contribution in [0.25, 0.3) is 11.3 Å². The van der Waals surface area contributed by atoms with Crippen molar-refractivity contribution in [1.29, 1.82) is 5.26 Å². The molecule has 2 aromatic carbocycles. The maximum absolute atomic E-state index is 12.9. The first kappa shape index (κ1) is 18.9. The molecule has 1 aliphatic rings. The number of aromatic nitrogens is 1. The molecular formula is C23H17N3O2S. The third-order valence-corrected chi connectivity index (χ3v) is 5.89. The Bertz CT molecular complexity index is 1120. The second-order valence-corrected chi connectivity index (χ2v) is 7.93. The summed E-state index contributed by atoms with van der Waals surface area (Å²) in [6.45, 7) is 1.95. The number of hydrogen-bond donors (Lipinski definition) is 0. The lowest BCUT2D eigenvalue weighted by Gasteiger charge is -2.15. The van der Waals surface area contributed by atoms with E-state index in [1.165, 1.54) is 16.7 Å². The molecule has 0 spiro atoms. The van der Waals surface area contributed by atoms with Crippen molar-refractivity contribution in [3.8, 4) is 17.3 Å². The van der Waals surface area contributed by atoms with Crippen LogP contribution in [-0.2, 0) is 9.59 Å². The zero-order valence-corrected chi connectivity index (χ0v) is 16.5. The average molecular weight is 399 g/mol. The summed E-state index contributed by atoms with van der Waals surface area (Å²) in [5.41, 5.74) is 3.66. The zero-order chi connectivity index (χ0) is 20.4. The lowest BCUT2D eigenvalue weighted by Crippen LogP contribution is -2.31. The Morgan fingerprint density at radius 1 is 1.03 bits per heavy atom. The molecule has 29 heavy (non-hydrogen) atoms. The fourth-order valence-electron chi connectivity index (χ4n) is 3.18. The fourth-order valence-corrected chi connectivity index (χ4v) is 4.27. The lowest BCUT2D eigenvalue weighted by atomic mass is 10.1. The average Bonchev–Trinajstić information content (AvgIpc) is 3.02. The molecule has 4 rings (SSSR count). The predicted octanol–water partition coefficient (Wildman–Crippen LogP) is 4.35. The summed E-state index contributed by atoms with van der Waals surface area (Å²) in [7, 11) is 0. The zero-order valence-electron chi connectivity index (χ0n) is 15.7. The highest BCUT2D eigenvalue weighted by Gasteiger charge is 2.40. The van der Waals surface area contributed by atoms with Gasteiger partial charge in [0.1, 0.15) is 11.1 Å². The van der Waals surface area contributed by atoms with E-state index in [1.807, 2.05) is 49.4 Å². The summed E-state index contributed by atoms with van der Waals surface area (Å²) in [5, 5.41) is 9.32. The summed E-state index contributed by atoms with van der Waals surface area (Å²) in [6, 6.07) is 22.5. The molecule has 6 heteroatoms. The van der Waals surface area contributed by atoms with Gasteiger partial charge in [-0.1, -0.05) is 59.8 Å². The molecule has 0 bridgehead atoms. The summed E-state index contributed by atoms with van der Waals surface area (Å²) in [6.07, 6.45) is 0.0828. The van der Waals surface area contributed by atoms with E-state index in [4.69, 9.17) is 0 Å². The maximum atomic E-state index is 12.9. The first-order chi connectivity index (χ1) is 14.1. The Morgan fingerprint density at radius 2 is 1.76 bits per heavy atom. The molecule has 1 aliphatic heterocycles. The Kier molecular flexibility index (Phi) is 5.15. The number of pyridine rings is 1. The molecule has 1 aromatic heterocycles. The molecule has 0 radical (unpaired) electrons. The van der Waals surface area contributed by atoms with Crippen LogP contribution in [0.1, 0.15) is 17.5 Å². The van der Waals surface area contributed by atoms with Crippen molar-refractivity contribution in [2.45, 2.75) is 23.6 Å². The smallest absolute Gasteiger partial charge is 0.247 e. The molecule has 2 amide bonds. The number of carbonyl (C=O) groups excluding carboxylic acids is 2. The molecule has 1 fully saturated rings. The van der Waals surface area contributed by atoms with Gasteiger partial charge in [0.2, 0.25) is 11.8 Å². The van der Waals surface area contributed by atoms with Crippen LogP contribution in [0.3, 0.4) is 0 Å². The van der Waals surface area contributed by atoms with Crippen molar-refractivity contribution in [2.75, 3.05) is 4.90 Å². The number of carbonyl (C=O) groups is 2. The maximum Gasteiger partial charge on any atom is 0.247 e. The van der Waals surface area contributed by atoms with Crippen molar-refractivity contribution in [1.82, 2.24) is 4.98 Å². The number of imide groups is 1. The minimum atomic E-state index is -0.602. The molecule has 2 heterocycles. The molecule has 0 aliphatic carbocycles. The standard InChI is InChI=1S/C23H17N3O2S/c1-15-7-10-18(11-8-15)26-21(27)13-20(23(26)28)29-22-17(14-24)9-12-19(25-22)16-5-3-2-4-6-16/h2-12,20H,13H2,1H3/t20-/m0/s1. The molecule has 1 atom stereocenters. The molecular weight excluding hydrogens is 382 g/mol. The Morgan fingerprint density at radius 3 is 2.45 bits per heavy atom. The third kappa shape index (κ3) is 3.78. The van der Waals surface area contributed by atoms with Crippen molar-refractivity contribution < 1.29 is 9.59 Å². The van der Waals surface area contributed by atoms with E-state index >= 15 is 0 Å². The second-order valence-electron chi connectivity index (χ2n) is 6.74. The highest BCUT2D eigenvalue weighted by atomic mass is 32.2. The van der Waals surface area contributed by atoms with E-state index in [-0.39, 0.29) is 18.2 Å². The van der Waals surface area contributed by atoms with Crippen molar-refractivity contribution in [3.63, 3.8) is 0 Å². The minimum Gasteiger partial charge on any atom is -0.274 e. The van der Waals surface area contributed by atoms with Crippen LogP contribution in [0.5, 0.6) is 0 Å². The molecule has 0 unspecified atom stereocenters.